The number of amides is 1. The summed E-state index contributed by atoms with van der Waals surface area (Å²) in [6, 6.07) is 1.91. The third kappa shape index (κ3) is 4.32. The summed E-state index contributed by atoms with van der Waals surface area (Å²) in [4.78, 5) is 24.1. The van der Waals surface area contributed by atoms with Gasteiger partial charge in [-0.15, -0.1) is 0 Å². The van der Waals surface area contributed by atoms with E-state index in [4.69, 9.17) is 0 Å². The highest BCUT2D eigenvalue weighted by Gasteiger charge is 2.26. The van der Waals surface area contributed by atoms with Gasteiger partial charge in [-0.05, 0) is 32.4 Å². The first-order valence-corrected chi connectivity index (χ1v) is 11.8. The first-order chi connectivity index (χ1) is 16.9. The molecule has 0 unspecified atom stereocenters. The number of nitrogens with zero attached hydrogens (tertiary/aromatic N) is 6. The molecule has 1 amide bonds. The lowest BCUT2D eigenvalue weighted by atomic mass is 10.0. The molecule has 1 aromatic carbocycles. The van der Waals surface area contributed by atoms with Gasteiger partial charge in [-0.3, -0.25) is 14.5 Å². The topological polar surface area (TPSA) is 113 Å². The number of carbonyl (C=O) groups is 1. The largest absolute Gasteiger partial charge is 0.390 e. The number of rotatable bonds is 6. The predicted octanol–water partition coefficient (Wildman–Crippen LogP) is 2.39. The monoisotopic (exact) mass is 480 g/mol. The maximum atomic E-state index is 15.4. The van der Waals surface area contributed by atoms with E-state index in [0.717, 1.165) is 43.5 Å². The summed E-state index contributed by atoms with van der Waals surface area (Å²) in [5, 5.41) is 20.7. The molecule has 184 valence electrons. The maximum absolute atomic E-state index is 15.4. The minimum Gasteiger partial charge on any atom is -0.390 e. The fourth-order valence-electron chi connectivity index (χ4n) is 4.86. The number of anilines is 2. The summed E-state index contributed by atoms with van der Waals surface area (Å²) >= 11 is 0. The van der Waals surface area contributed by atoms with Gasteiger partial charge >= 0.3 is 0 Å². The van der Waals surface area contributed by atoms with E-state index in [-0.39, 0.29) is 18.0 Å². The summed E-state index contributed by atoms with van der Waals surface area (Å²) in [5.41, 5.74) is 2.59. The Morgan fingerprint density at radius 1 is 1.23 bits per heavy atom. The fraction of sp³-hybridized carbons (Fsp3) is 0.417. The third-order valence-corrected chi connectivity index (χ3v) is 6.46. The smallest absolute Gasteiger partial charge is 0.262 e. The van der Waals surface area contributed by atoms with Crippen LogP contribution >= 0.6 is 0 Å². The lowest BCUT2D eigenvalue weighted by molar-refractivity contribution is 0.102. The summed E-state index contributed by atoms with van der Waals surface area (Å²) < 4.78 is 18.7. The van der Waals surface area contributed by atoms with Gasteiger partial charge in [0.15, 0.2) is 11.5 Å². The van der Waals surface area contributed by atoms with E-state index in [0.29, 0.717) is 28.6 Å². The Morgan fingerprint density at radius 3 is 2.71 bits per heavy atom. The van der Waals surface area contributed by atoms with Gasteiger partial charge in [0.2, 0.25) is 0 Å². The van der Waals surface area contributed by atoms with Crippen LogP contribution in [0.4, 0.5) is 15.9 Å². The van der Waals surface area contributed by atoms with Gasteiger partial charge in [0, 0.05) is 44.0 Å². The summed E-state index contributed by atoms with van der Waals surface area (Å²) in [5.74, 6) is -0.991. The Balaban J connectivity index is 1.46. The molecule has 11 heteroatoms. The number of benzene rings is 1. The SMILES string of the molecule is CCNC1CCN(c2cc(F)c(C(=O)Nc3cn4cc(CO)nc(C)c4n3)c3nn(C)cc23)CC1. The van der Waals surface area contributed by atoms with Gasteiger partial charge in [0.25, 0.3) is 5.91 Å². The third-order valence-electron chi connectivity index (χ3n) is 6.46. The van der Waals surface area contributed by atoms with E-state index in [9.17, 15) is 9.90 Å². The van der Waals surface area contributed by atoms with Crippen molar-refractivity contribution >= 4 is 34.0 Å². The molecule has 3 N–H and O–H groups in total. The Bertz CT molecular complexity index is 1400. The van der Waals surface area contributed by atoms with Gasteiger partial charge < -0.3 is 25.0 Å². The number of hydrogen-bond acceptors (Lipinski definition) is 7. The molecule has 35 heavy (non-hydrogen) atoms. The highest BCUT2D eigenvalue weighted by atomic mass is 19.1. The van der Waals surface area contributed by atoms with Crippen LogP contribution in [0.25, 0.3) is 16.6 Å². The molecule has 4 heterocycles. The second-order valence-electron chi connectivity index (χ2n) is 8.92. The molecule has 5 rings (SSSR count). The maximum Gasteiger partial charge on any atom is 0.262 e. The molecule has 0 spiro atoms. The zero-order valence-corrected chi connectivity index (χ0v) is 20.0. The van der Waals surface area contributed by atoms with Crippen LogP contribution in [0, 0.1) is 12.7 Å². The van der Waals surface area contributed by atoms with Gasteiger partial charge in [0.1, 0.15) is 16.9 Å². The predicted molar refractivity (Wildman–Crippen MR) is 131 cm³/mol. The van der Waals surface area contributed by atoms with Crippen LogP contribution < -0.4 is 15.5 Å². The molecule has 0 bridgehead atoms. The number of hydrogen-bond donors (Lipinski definition) is 3. The van der Waals surface area contributed by atoms with Crippen LogP contribution in [0.3, 0.4) is 0 Å². The molecule has 1 aliphatic rings. The molecular weight excluding hydrogens is 451 g/mol. The minimum atomic E-state index is -0.625. The number of aryl methyl sites for hydroxylation is 2. The van der Waals surface area contributed by atoms with Crippen molar-refractivity contribution in [2.45, 2.75) is 39.3 Å². The molecule has 0 radical (unpaired) electrons. The standard InChI is InChI=1S/C24H29FN8O2/c1-4-26-15-5-7-32(8-6-15)19-9-18(25)21(22-17(19)11-31(3)30-22)24(35)29-20-12-33-10-16(13-34)27-14(2)23(33)28-20/h9-12,15,26,34H,4-8,13H2,1-3H3,(H,29,35). The zero-order valence-electron chi connectivity index (χ0n) is 20.0. The molecule has 1 aliphatic heterocycles. The average Bonchev–Trinajstić information content (AvgIpc) is 3.42. The summed E-state index contributed by atoms with van der Waals surface area (Å²) in [6.45, 7) is 6.19. The Labute approximate surface area is 201 Å². The van der Waals surface area contributed by atoms with Crippen LogP contribution in [0.15, 0.2) is 24.7 Å². The van der Waals surface area contributed by atoms with Crippen LogP contribution in [0.2, 0.25) is 0 Å². The van der Waals surface area contributed by atoms with Crippen LogP contribution in [-0.4, -0.2) is 60.8 Å². The van der Waals surface area contributed by atoms with Crippen molar-refractivity contribution in [1.82, 2.24) is 29.5 Å². The number of halogens is 1. The van der Waals surface area contributed by atoms with E-state index in [1.807, 2.05) is 6.20 Å². The lowest BCUT2D eigenvalue weighted by Gasteiger charge is -2.34. The Morgan fingerprint density at radius 2 is 2.00 bits per heavy atom. The molecule has 0 aliphatic carbocycles. The molecule has 3 aromatic heterocycles. The molecular formula is C24H29FN8O2. The van der Waals surface area contributed by atoms with Crippen LogP contribution in [-0.2, 0) is 13.7 Å². The molecule has 0 atom stereocenters. The van der Waals surface area contributed by atoms with Crippen LogP contribution in [0.5, 0.6) is 0 Å². The number of fused-ring (bicyclic) bond motifs is 2. The van der Waals surface area contributed by atoms with Crippen molar-refractivity contribution in [3.05, 3.63) is 47.4 Å². The summed E-state index contributed by atoms with van der Waals surface area (Å²) in [7, 11) is 1.76. The van der Waals surface area contributed by atoms with E-state index in [2.05, 4.69) is 37.5 Å². The Hall–Kier alpha value is -3.57. The molecule has 10 nitrogen and oxygen atoms in total. The van der Waals surface area contributed by atoms with Gasteiger partial charge in [-0.25, -0.2) is 9.37 Å². The number of nitrogens with one attached hydrogen (secondary N) is 2. The lowest BCUT2D eigenvalue weighted by Crippen LogP contribution is -2.42. The van der Waals surface area contributed by atoms with Crippen molar-refractivity contribution < 1.29 is 14.3 Å². The van der Waals surface area contributed by atoms with Gasteiger partial charge in [0.05, 0.1) is 29.9 Å². The average molecular weight is 481 g/mol. The highest BCUT2D eigenvalue weighted by Crippen LogP contribution is 2.33. The second-order valence-corrected chi connectivity index (χ2v) is 8.92. The number of aromatic nitrogens is 5. The quantitative estimate of drug-likeness (QED) is 0.388. The first kappa shape index (κ1) is 23.2. The fourth-order valence-corrected chi connectivity index (χ4v) is 4.86. The molecule has 1 saturated heterocycles. The van der Waals surface area contributed by atoms with Crippen molar-refractivity contribution in [2.75, 3.05) is 29.9 Å². The van der Waals surface area contributed by atoms with Crippen molar-refractivity contribution in [2.24, 2.45) is 7.05 Å². The van der Waals surface area contributed by atoms with E-state index in [1.54, 1.807) is 35.4 Å². The van der Waals surface area contributed by atoms with Crippen molar-refractivity contribution in [1.29, 1.82) is 0 Å². The van der Waals surface area contributed by atoms with Gasteiger partial charge in [-0.2, -0.15) is 5.10 Å². The van der Waals surface area contributed by atoms with E-state index >= 15 is 4.39 Å². The normalized spacial score (nSPS) is 14.8. The molecule has 0 saturated carbocycles. The number of aliphatic hydroxyl groups is 1. The number of carbonyl (C=O) groups excluding carboxylic acids is 1. The molecule has 4 aromatic rings. The van der Waals surface area contributed by atoms with E-state index < -0.39 is 11.7 Å². The molecule has 1 fully saturated rings. The second kappa shape index (κ2) is 9.23. The van der Waals surface area contributed by atoms with Gasteiger partial charge in [-0.1, -0.05) is 6.92 Å². The Kier molecular flexibility index (Phi) is 6.12. The number of piperidine rings is 1. The van der Waals surface area contributed by atoms with E-state index in [1.165, 1.54) is 6.07 Å². The van der Waals surface area contributed by atoms with Crippen molar-refractivity contribution in [3.63, 3.8) is 0 Å². The summed E-state index contributed by atoms with van der Waals surface area (Å²) in [6.07, 6.45) is 7.01. The minimum absolute atomic E-state index is 0.116. The number of aliphatic hydroxyl groups excluding tert-OH is 1. The zero-order chi connectivity index (χ0) is 24.7. The van der Waals surface area contributed by atoms with Crippen molar-refractivity contribution in [3.8, 4) is 0 Å². The first-order valence-electron chi connectivity index (χ1n) is 11.8. The highest BCUT2D eigenvalue weighted by molar-refractivity contribution is 6.14. The van der Waals surface area contributed by atoms with Crippen LogP contribution in [0.1, 0.15) is 41.5 Å². The number of imidazole rings is 1.